The lowest BCUT2D eigenvalue weighted by Gasteiger charge is -2.09. The molecule has 20 heavy (non-hydrogen) atoms. The molecule has 2 aromatic rings. The van der Waals surface area contributed by atoms with Gasteiger partial charge in [0, 0.05) is 10.5 Å². The highest BCUT2D eigenvalue weighted by Gasteiger charge is 2.21. The second-order valence-corrected chi connectivity index (χ2v) is 4.63. The number of anilines is 1. The smallest absolute Gasteiger partial charge is 0.256 e. The van der Waals surface area contributed by atoms with Crippen LogP contribution in [-0.4, -0.2) is 5.91 Å². The number of rotatable bonds is 2. The molecule has 0 bridgehead atoms. The Morgan fingerprint density at radius 2 is 1.55 bits per heavy atom. The maximum Gasteiger partial charge on any atom is 0.256 e. The summed E-state index contributed by atoms with van der Waals surface area (Å²) in [5.74, 6) is -7.41. The lowest BCUT2D eigenvalue weighted by Crippen LogP contribution is -2.16. The van der Waals surface area contributed by atoms with E-state index in [1.807, 2.05) is 5.32 Å². The van der Waals surface area contributed by atoms with E-state index in [1.54, 1.807) is 6.07 Å². The van der Waals surface area contributed by atoms with Crippen LogP contribution in [0, 0.1) is 23.3 Å². The van der Waals surface area contributed by atoms with Crippen molar-refractivity contribution in [3.63, 3.8) is 0 Å². The monoisotopic (exact) mass is 347 g/mol. The Balaban J connectivity index is 2.41. The van der Waals surface area contributed by atoms with Gasteiger partial charge in [0.05, 0.1) is 5.56 Å². The minimum atomic E-state index is -1.66. The van der Waals surface area contributed by atoms with Crippen molar-refractivity contribution in [1.82, 2.24) is 0 Å². The van der Waals surface area contributed by atoms with Crippen molar-refractivity contribution in [3.05, 3.63) is 63.6 Å². The Labute approximate surface area is 119 Å². The predicted octanol–water partition coefficient (Wildman–Crippen LogP) is 4.26. The van der Waals surface area contributed by atoms with Gasteiger partial charge in [-0.1, -0.05) is 12.1 Å². The Morgan fingerprint density at radius 3 is 2.10 bits per heavy atom. The van der Waals surface area contributed by atoms with E-state index in [-0.39, 0.29) is 11.6 Å². The molecule has 7 heteroatoms. The van der Waals surface area contributed by atoms with Crippen LogP contribution in [0.4, 0.5) is 23.2 Å². The van der Waals surface area contributed by atoms with Crippen molar-refractivity contribution in [2.75, 3.05) is 5.32 Å². The Kier molecular flexibility index (Phi) is 4.08. The van der Waals surface area contributed by atoms with Crippen LogP contribution in [0.2, 0.25) is 0 Å². The number of carbonyl (C=O) groups is 1. The molecule has 2 nitrogen and oxygen atoms in total. The Bertz CT molecular complexity index is 664. The Hall–Kier alpha value is -1.89. The maximum absolute atomic E-state index is 13.4. The summed E-state index contributed by atoms with van der Waals surface area (Å²) in [5.41, 5.74) is -1.10. The van der Waals surface area contributed by atoms with Gasteiger partial charge in [0.25, 0.3) is 5.91 Å². The van der Waals surface area contributed by atoms with Crippen LogP contribution in [-0.2, 0) is 0 Å². The summed E-state index contributed by atoms with van der Waals surface area (Å²) < 4.78 is 53.2. The highest BCUT2D eigenvalue weighted by atomic mass is 79.9. The molecule has 104 valence electrons. The molecule has 1 N–H and O–H groups in total. The molecule has 0 spiro atoms. The molecule has 2 aromatic carbocycles. The highest BCUT2D eigenvalue weighted by Crippen LogP contribution is 2.25. The molecule has 0 fully saturated rings. The van der Waals surface area contributed by atoms with Crippen molar-refractivity contribution in [2.45, 2.75) is 0 Å². The molecular formula is C13H6BrF4NO. The maximum atomic E-state index is 13.4. The molecule has 0 aromatic heterocycles. The zero-order valence-electron chi connectivity index (χ0n) is 9.68. The van der Waals surface area contributed by atoms with Crippen molar-refractivity contribution >= 4 is 27.5 Å². The molecule has 0 radical (unpaired) electrons. The van der Waals surface area contributed by atoms with E-state index in [2.05, 4.69) is 15.9 Å². The molecule has 0 aliphatic carbocycles. The number of halogens is 5. The molecule has 0 heterocycles. The predicted molar refractivity (Wildman–Crippen MR) is 68.4 cm³/mol. The topological polar surface area (TPSA) is 29.1 Å². The van der Waals surface area contributed by atoms with E-state index in [0.29, 0.717) is 4.47 Å². The third kappa shape index (κ3) is 2.67. The van der Waals surface area contributed by atoms with Gasteiger partial charge in [-0.05, 0) is 28.1 Å². The summed E-state index contributed by atoms with van der Waals surface area (Å²) in [6, 6.07) is 6.14. The minimum absolute atomic E-state index is 0.0657. The van der Waals surface area contributed by atoms with Crippen LogP contribution in [0.3, 0.4) is 0 Å². The fraction of sp³-hybridized carbons (Fsp3) is 0. The van der Waals surface area contributed by atoms with Crippen molar-refractivity contribution in [3.8, 4) is 0 Å². The van der Waals surface area contributed by atoms with Crippen molar-refractivity contribution in [1.29, 1.82) is 0 Å². The quantitative estimate of drug-likeness (QED) is 0.638. The van der Waals surface area contributed by atoms with Crippen LogP contribution in [0.5, 0.6) is 0 Å². The first-order chi connectivity index (χ1) is 9.41. The van der Waals surface area contributed by atoms with Crippen LogP contribution >= 0.6 is 15.9 Å². The number of amides is 1. The van der Waals surface area contributed by atoms with Crippen molar-refractivity contribution < 1.29 is 22.4 Å². The largest absolute Gasteiger partial charge is 0.317 e. The molecule has 0 saturated carbocycles. The van der Waals surface area contributed by atoms with Gasteiger partial charge in [-0.2, -0.15) is 0 Å². The number of hydrogen-bond acceptors (Lipinski definition) is 1. The standard InChI is InChI=1S/C13H6BrF4NO/c14-7-4-2-1-3-6(7)13(20)19-12-10(17)8(15)5-9(16)11(12)18/h1-5H,(H,19,20). The first-order valence-corrected chi connectivity index (χ1v) is 6.10. The molecule has 1 amide bonds. The van der Waals surface area contributed by atoms with Crippen LogP contribution in [0.1, 0.15) is 10.4 Å². The third-order valence-electron chi connectivity index (χ3n) is 2.47. The fourth-order valence-electron chi connectivity index (χ4n) is 1.51. The van der Waals surface area contributed by atoms with E-state index in [1.165, 1.54) is 18.2 Å². The molecule has 0 aliphatic rings. The SMILES string of the molecule is O=C(Nc1c(F)c(F)cc(F)c1F)c1ccccc1Br. The van der Waals surface area contributed by atoms with Gasteiger partial charge in [-0.25, -0.2) is 17.6 Å². The van der Waals surface area contributed by atoms with Gasteiger partial charge in [-0.3, -0.25) is 4.79 Å². The lowest BCUT2D eigenvalue weighted by molar-refractivity contribution is 0.102. The van der Waals surface area contributed by atoms with Gasteiger partial charge in [0.15, 0.2) is 23.3 Å². The summed E-state index contributed by atoms with van der Waals surface area (Å²) in [5, 5.41) is 1.82. The zero-order chi connectivity index (χ0) is 14.9. The van der Waals surface area contributed by atoms with Gasteiger partial charge < -0.3 is 5.32 Å². The fourth-order valence-corrected chi connectivity index (χ4v) is 1.97. The lowest BCUT2D eigenvalue weighted by atomic mass is 10.2. The van der Waals surface area contributed by atoms with Crippen LogP contribution in [0.15, 0.2) is 34.8 Å². The molecule has 0 saturated heterocycles. The number of nitrogens with one attached hydrogen (secondary N) is 1. The molecule has 0 atom stereocenters. The van der Waals surface area contributed by atoms with Crippen LogP contribution in [0.25, 0.3) is 0 Å². The summed E-state index contributed by atoms with van der Waals surface area (Å²) in [6.07, 6.45) is 0. The first kappa shape index (κ1) is 14.5. The van der Waals surface area contributed by atoms with Gasteiger partial charge in [0.1, 0.15) is 5.69 Å². The van der Waals surface area contributed by atoms with Gasteiger partial charge in [0.2, 0.25) is 0 Å². The van der Waals surface area contributed by atoms with E-state index in [4.69, 9.17) is 0 Å². The average Bonchev–Trinajstić information content (AvgIpc) is 2.41. The van der Waals surface area contributed by atoms with E-state index >= 15 is 0 Å². The second kappa shape index (κ2) is 5.62. The van der Waals surface area contributed by atoms with E-state index in [9.17, 15) is 22.4 Å². The van der Waals surface area contributed by atoms with Crippen molar-refractivity contribution in [2.24, 2.45) is 0 Å². The summed E-state index contributed by atoms with van der Waals surface area (Å²) in [4.78, 5) is 11.8. The van der Waals surface area contributed by atoms with Gasteiger partial charge in [-0.15, -0.1) is 0 Å². The van der Waals surface area contributed by atoms with E-state index in [0.717, 1.165) is 0 Å². The zero-order valence-corrected chi connectivity index (χ0v) is 11.3. The Morgan fingerprint density at radius 1 is 1.00 bits per heavy atom. The summed E-state index contributed by atoms with van der Waals surface area (Å²) in [6.45, 7) is 0. The molecular weight excluding hydrogens is 342 g/mol. The first-order valence-electron chi connectivity index (χ1n) is 5.30. The molecule has 2 rings (SSSR count). The highest BCUT2D eigenvalue weighted by molar-refractivity contribution is 9.10. The average molecular weight is 348 g/mol. The van der Waals surface area contributed by atoms with Gasteiger partial charge >= 0.3 is 0 Å². The number of carbonyl (C=O) groups excluding carboxylic acids is 1. The minimum Gasteiger partial charge on any atom is -0.317 e. The van der Waals surface area contributed by atoms with E-state index < -0.39 is 34.9 Å². The molecule has 0 unspecified atom stereocenters. The molecule has 0 aliphatic heterocycles. The van der Waals surface area contributed by atoms with Crippen LogP contribution < -0.4 is 5.32 Å². The summed E-state index contributed by atoms with van der Waals surface area (Å²) >= 11 is 3.08. The second-order valence-electron chi connectivity index (χ2n) is 3.78. The number of benzene rings is 2. The normalized spacial score (nSPS) is 10.4. The third-order valence-corrected chi connectivity index (χ3v) is 3.16. The summed E-state index contributed by atoms with van der Waals surface area (Å²) in [7, 11) is 0. The number of hydrogen-bond donors (Lipinski definition) is 1.